The van der Waals surface area contributed by atoms with E-state index >= 15 is 0 Å². The molecule has 5 heteroatoms. The van der Waals surface area contributed by atoms with E-state index < -0.39 is 0 Å². The number of amides is 3. The molecule has 1 N–H and O–H groups in total. The Balaban J connectivity index is 2.45. The first-order chi connectivity index (χ1) is 7.41. The number of nitrogens with one attached hydrogen (secondary N) is 1. The van der Waals surface area contributed by atoms with Crippen molar-refractivity contribution in [3.05, 3.63) is 12.2 Å². The van der Waals surface area contributed by atoms with Crippen molar-refractivity contribution in [1.29, 1.82) is 0 Å². The Bertz CT molecular complexity index is 312. The van der Waals surface area contributed by atoms with Crippen molar-refractivity contribution in [3.8, 4) is 0 Å². The highest BCUT2D eigenvalue weighted by Gasteiger charge is 2.33. The number of carbonyl (C=O) groups excluding carboxylic acids is 2. The second-order valence-corrected chi connectivity index (χ2v) is 4.40. The van der Waals surface area contributed by atoms with Crippen molar-refractivity contribution in [2.24, 2.45) is 0 Å². The fourth-order valence-electron chi connectivity index (χ4n) is 1.45. The molecular weight excluding hydrogens is 206 g/mol. The number of hydrogen-bond acceptors (Lipinski definition) is 3. The first-order valence-corrected chi connectivity index (χ1v) is 5.37. The Labute approximate surface area is 96.1 Å². The fraction of sp³-hybridized carbons (Fsp3) is 0.636. The molecule has 0 aromatic carbocycles. The van der Waals surface area contributed by atoms with Crippen molar-refractivity contribution in [2.45, 2.75) is 19.9 Å². The molecule has 1 saturated heterocycles. The molecule has 0 aromatic rings. The zero-order valence-corrected chi connectivity index (χ0v) is 10.1. The quantitative estimate of drug-likeness (QED) is 0.545. The third kappa shape index (κ3) is 3.06. The molecule has 0 spiro atoms. The van der Waals surface area contributed by atoms with Gasteiger partial charge in [-0.1, -0.05) is 20.4 Å². The van der Waals surface area contributed by atoms with Crippen LogP contribution >= 0.6 is 0 Å². The van der Waals surface area contributed by atoms with Crippen LogP contribution < -0.4 is 5.32 Å². The lowest BCUT2D eigenvalue weighted by molar-refractivity contribution is -0.125. The number of urea groups is 1. The summed E-state index contributed by atoms with van der Waals surface area (Å²) in [7, 11) is 1.62. The molecule has 0 unspecified atom stereocenters. The highest BCUT2D eigenvalue weighted by molar-refractivity contribution is 6.02. The standard InChI is InChI=1S/C11H19N3O2/c1-8(2)12-5-9(3)6-14-10(15)7-13(4)11(14)16/h8,12H,3,5-7H2,1-2,4H3. The van der Waals surface area contributed by atoms with Gasteiger partial charge in [0.05, 0.1) is 6.54 Å². The number of rotatable bonds is 5. The maximum atomic E-state index is 11.6. The molecule has 0 aromatic heterocycles. The Morgan fingerprint density at radius 3 is 2.56 bits per heavy atom. The van der Waals surface area contributed by atoms with Gasteiger partial charge in [0.1, 0.15) is 6.54 Å². The van der Waals surface area contributed by atoms with Crippen molar-refractivity contribution in [1.82, 2.24) is 15.1 Å². The van der Waals surface area contributed by atoms with E-state index in [4.69, 9.17) is 0 Å². The lowest BCUT2D eigenvalue weighted by Gasteiger charge is -2.17. The number of imide groups is 1. The van der Waals surface area contributed by atoms with E-state index in [1.807, 2.05) is 13.8 Å². The van der Waals surface area contributed by atoms with Gasteiger partial charge in [0, 0.05) is 19.6 Å². The third-order valence-electron chi connectivity index (χ3n) is 2.37. The van der Waals surface area contributed by atoms with E-state index in [1.165, 1.54) is 9.80 Å². The van der Waals surface area contributed by atoms with Crippen molar-refractivity contribution in [2.75, 3.05) is 26.7 Å². The van der Waals surface area contributed by atoms with Crippen LogP contribution in [-0.4, -0.2) is 54.5 Å². The molecule has 1 heterocycles. The summed E-state index contributed by atoms with van der Waals surface area (Å²) in [6.07, 6.45) is 0. The Hall–Kier alpha value is -1.36. The fourth-order valence-corrected chi connectivity index (χ4v) is 1.45. The molecule has 16 heavy (non-hydrogen) atoms. The Morgan fingerprint density at radius 1 is 1.50 bits per heavy atom. The van der Waals surface area contributed by atoms with Gasteiger partial charge in [-0.15, -0.1) is 0 Å². The molecule has 0 bridgehead atoms. The predicted octanol–water partition coefficient (Wildman–Crippen LogP) is 0.435. The summed E-state index contributed by atoms with van der Waals surface area (Å²) in [5.41, 5.74) is 0.839. The topological polar surface area (TPSA) is 52.7 Å². The van der Waals surface area contributed by atoms with Gasteiger partial charge in [-0.25, -0.2) is 4.79 Å². The van der Waals surface area contributed by atoms with Crippen LogP contribution in [0.3, 0.4) is 0 Å². The summed E-state index contributed by atoms with van der Waals surface area (Å²) >= 11 is 0. The predicted molar refractivity (Wildman–Crippen MR) is 62.0 cm³/mol. The molecule has 1 fully saturated rings. The third-order valence-corrected chi connectivity index (χ3v) is 2.37. The van der Waals surface area contributed by atoms with Gasteiger partial charge in [0.2, 0.25) is 0 Å². The lowest BCUT2D eigenvalue weighted by atomic mass is 10.2. The summed E-state index contributed by atoms with van der Waals surface area (Å²) in [6, 6.07) is 0.125. The molecular formula is C11H19N3O2. The van der Waals surface area contributed by atoms with E-state index in [-0.39, 0.29) is 18.5 Å². The minimum absolute atomic E-state index is 0.154. The van der Waals surface area contributed by atoms with Gasteiger partial charge in [-0.3, -0.25) is 9.69 Å². The molecule has 1 rings (SSSR count). The number of hydrogen-bond donors (Lipinski definition) is 1. The van der Waals surface area contributed by atoms with Gasteiger partial charge in [-0.05, 0) is 5.57 Å². The van der Waals surface area contributed by atoms with Gasteiger partial charge in [0.25, 0.3) is 5.91 Å². The van der Waals surface area contributed by atoms with Crippen molar-refractivity contribution >= 4 is 11.9 Å². The average Bonchev–Trinajstić information content (AvgIpc) is 2.42. The average molecular weight is 225 g/mol. The van der Waals surface area contributed by atoms with Gasteiger partial charge in [0.15, 0.2) is 0 Å². The number of likely N-dealkylation sites (N-methyl/N-ethyl adjacent to an activating group) is 1. The molecule has 1 aliphatic heterocycles. The van der Waals surface area contributed by atoms with Crippen LogP contribution in [0, 0.1) is 0 Å². The normalized spacial score (nSPS) is 16.5. The zero-order chi connectivity index (χ0) is 12.3. The van der Waals surface area contributed by atoms with Gasteiger partial charge < -0.3 is 10.2 Å². The summed E-state index contributed by atoms with van der Waals surface area (Å²) in [4.78, 5) is 25.7. The van der Waals surface area contributed by atoms with Crippen LogP contribution in [0.25, 0.3) is 0 Å². The zero-order valence-electron chi connectivity index (χ0n) is 10.1. The SMILES string of the molecule is C=C(CNC(C)C)CN1C(=O)CN(C)C1=O. The second kappa shape index (κ2) is 5.12. The highest BCUT2D eigenvalue weighted by atomic mass is 16.2. The first-order valence-electron chi connectivity index (χ1n) is 5.37. The molecule has 5 nitrogen and oxygen atoms in total. The monoisotopic (exact) mass is 225 g/mol. The first kappa shape index (κ1) is 12.7. The van der Waals surface area contributed by atoms with Crippen LogP contribution in [0.2, 0.25) is 0 Å². The number of carbonyl (C=O) groups is 2. The summed E-state index contributed by atoms with van der Waals surface area (Å²) < 4.78 is 0. The Morgan fingerprint density at radius 2 is 2.12 bits per heavy atom. The maximum absolute atomic E-state index is 11.6. The van der Waals surface area contributed by atoms with E-state index in [0.717, 1.165) is 5.57 Å². The largest absolute Gasteiger partial charge is 0.327 e. The second-order valence-electron chi connectivity index (χ2n) is 4.40. The van der Waals surface area contributed by atoms with Crippen LogP contribution in [0.15, 0.2) is 12.2 Å². The van der Waals surface area contributed by atoms with Crippen molar-refractivity contribution < 1.29 is 9.59 Å². The Kier molecular flexibility index (Phi) is 4.06. The van der Waals surface area contributed by atoms with Crippen molar-refractivity contribution in [3.63, 3.8) is 0 Å². The van der Waals surface area contributed by atoms with Gasteiger partial charge in [-0.2, -0.15) is 0 Å². The van der Waals surface area contributed by atoms with E-state index in [0.29, 0.717) is 19.1 Å². The van der Waals surface area contributed by atoms with Crippen LogP contribution in [0.1, 0.15) is 13.8 Å². The maximum Gasteiger partial charge on any atom is 0.327 e. The van der Waals surface area contributed by atoms with Gasteiger partial charge >= 0.3 is 6.03 Å². The highest BCUT2D eigenvalue weighted by Crippen LogP contribution is 2.09. The number of nitrogens with zero attached hydrogens (tertiary/aromatic N) is 2. The van der Waals surface area contributed by atoms with Crippen LogP contribution in [0.4, 0.5) is 4.79 Å². The molecule has 0 saturated carbocycles. The summed E-state index contributed by atoms with van der Waals surface area (Å²) in [5.74, 6) is -0.154. The molecule has 0 aliphatic carbocycles. The summed E-state index contributed by atoms with van der Waals surface area (Å²) in [5, 5.41) is 3.20. The lowest BCUT2D eigenvalue weighted by Crippen LogP contribution is -2.36. The van der Waals surface area contributed by atoms with E-state index in [2.05, 4.69) is 11.9 Å². The molecule has 0 radical (unpaired) electrons. The minimum Gasteiger partial charge on any atom is -0.318 e. The molecule has 1 aliphatic rings. The molecule has 3 amide bonds. The van der Waals surface area contributed by atoms with Crippen LogP contribution in [0.5, 0.6) is 0 Å². The smallest absolute Gasteiger partial charge is 0.318 e. The molecule has 0 atom stereocenters. The summed E-state index contributed by atoms with van der Waals surface area (Å²) in [6.45, 7) is 9.03. The van der Waals surface area contributed by atoms with Crippen LogP contribution in [-0.2, 0) is 4.79 Å². The van der Waals surface area contributed by atoms with E-state index in [9.17, 15) is 9.59 Å². The minimum atomic E-state index is -0.240. The van der Waals surface area contributed by atoms with E-state index in [1.54, 1.807) is 7.05 Å². The molecule has 90 valence electrons.